The molecule has 0 amide bonds. The first-order chi connectivity index (χ1) is 7.86. The van der Waals surface area contributed by atoms with Crippen LogP contribution in [-0.2, 0) is 14.3 Å². The van der Waals surface area contributed by atoms with Gasteiger partial charge in [0.2, 0.25) is 0 Å². The van der Waals surface area contributed by atoms with Crippen LogP contribution in [-0.4, -0.2) is 38.4 Å². The van der Waals surface area contributed by atoms with Crippen LogP contribution in [0.4, 0.5) is 0 Å². The van der Waals surface area contributed by atoms with Gasteiger partial charge in [-0.05, 0) is 38.1 Å². The molecule has 0 aromatic carbocycles. The summed E-state index contributed by atoms with van der Waals surface area (Å²) in [5.74, 6) is 0.437. The molecule has 2 rings (SSSR count). The first kappa shape index (κ1) is 11.9. The standard InChI is InChI=1S/C12H21NO3/c14-12(11-3-1-2-6-13-11)16-9-10-4-7-15-8-5-10/h10-11,13H,1-9H2. The van der Waals surface area contributed by atoms with Crippen LogP contribution in [0.5, 0.6) is 0 Å². The van der Waals surface area contributed by atoms with Crippen LogP contribution in [0, 0.1) is 5.92 Å². The van der Waals surface area contributed by atoms with E-state index in [-0.39, 0.29) is 12.0 Å². The molecule has 2 heterocycles. The minimum Gasteiger partial charge on any atom is -0.464 e. The number of hydrogen-bond donors (Lipinski definition) is 1. The van der Waals surface area contributed by atoms with Gasteiger partial charge in [0.15, 0.2) is 0 Å². The number of carbonyl (C=O) groups excluding carboxylic acids is 1. The number of hydrogen-bond acceptors (Lipinski definition) is 4. The molecule has 0 aromatic heterocycles. The van der Waals surface area contributed by atoms with Crippen molar-refractivity contribution in [2.45, 2.75) is 38.1 Å². The minimum atomic E-state index is -0.0637. The Labute approximate surface area is 96.7 Å². The predicted molar refractivity (Wildman–Crippen MR) is 60.1 cm³/mol. The number of piperidine rings is 1. The fourth-order valence-electron chi connectivity index (χ4n) is 2.27. The Balaban J connectivity index is 1.65. The summed E-state index contributed by atoms with van der Waals surface area (Å²) >= 11 is 0. The zero-order valence-electron chi connectivity index (χ0n) is 9.74. The van der Waals surface area contributed by atoms with Gasteiger partial charge in [0.25, 0.3) is 0 Å². The van der Waals surface area contributed by atoms with E-state index in [1.807, 2.05) is 0 Å². The third-order valence-corrected chi connectivity index (χ3v) is 3.40. The van der Waals surface area contributed by atoms with Gasteiger partial charge in [-0.3, -0.25) is 4.79 Å². The van der Waals surface area contributed by atoms with E-state index >= 15 is 0 Å². The van der Waals surface area contributed by atoms with Crippen LogP contribution in [0.25, 0.3) is 0 Å². The van der Waals surface area contributed by atoms with Gasteiger partial charge in [0.1, 0.15) is 6.04 Å². The van der Waals surface area contributed by atoms with Crippen molar-refractivity contribution < 1.29 is 14.3 Å². The number of carbonyl (C=O) groups is 1. The Hall–Kier alpha value is -0.610. The molecule has 4 nitrogen and oxygen atoms in total. The van der Waals surface area contributed by atoms with Crippen molar-refractivity contribution in [1.29, 1.82) is 0 Å². The number of esters is 1. The predicted octanol–water partition coefficient (Wildman–Crippen LogP) is 1.10. The van der Waals surface area contributed by atoms with E-state index in [1.54, 1.807) is 0 Å². The maximum Gasteiger partial charge on any atom is 0.323 e. The molecule has 1 unspecified atom stereocenters. The third-order valence-electron chi connectivity index (χ3n) is 3.40. The molecular formula is C12H21NO3. The SMILES string of the molecule is O=C(OCC1CCOCC1)C1CCCCN1. The van der Waals surface area contributed by atoms with Crippen LogP contribution in [0.2, 0.25) is 0 Å². The lowest BCUT2D eigenvalue weighted by atomic mass is 10.0. The Bertz CT molecular complexity index is 220. The van der Waals surface area contributed by atoms with Gasteiger partial charge >= 0.3 is 5.97 Å². The third kappa shape index (κ3) is 3.46. The van der Waals surface area contributed by atoms with E-state index in [4.69, 9.17) is 9.47 Å². The summed E-state index contributed by atoms with van der Waals surface area (Å²) in [6, 6.07) is -0.0615. The van der Waals surface area contributed by atoms with Crippen molar-refractivity contribution in [3.05, 3.63) is 0 Å². The second-order valence-electron chi connectivity index (χ2n) is 4.69. The molecule has 2 saturated heterocycles. The summed E-state index contributed by atoms with van der Waals surface area (Å²) in [5.41, 5.74) is 0. The zero-order chi connectivity index (χ0) is 11.2. The van der Waals surface area contributed by atoms with Crippen LogP contribution >= 0.6 is 0 Å². The van der Waals surface area contributed by atoms with Crippen LogP contribution in [0.15, 0.2) is 0 Å². The fourth-order valence-corrected chi connectivity index (χ4v) is 2.27. The normalized spacial score (nSPS) is 27.6. The molecule has 0 aromatic rings. The van der Waals surface area contributed by atoms with Gasteiger partial charge in [-0.15, -0.1) is 0 Å². The highest BCUT2D eigenvalue weighted by molar-refractivity contribution is 5.75. The van der Waals surface area contributed by atoms with Crippen molar-refractivity contribution in [3.63, 3.8) is 0 Å². The van der Waals surface area contributed by atoms with E-state index in [9.17, 15) is 4.79 Å². The summed E-state index contributed by atoms with van der Waals surface area (Å²) in [4.78, 5) is 11.7. The monoisotopic (exact) mass is 227 g/mol. The van der Waals surface area contributed by atoms with Gasteiger partial charge in [-0.1, -0.05) is 6.42 Å². The lowest BCUT2D eigenvalue weighted by molar-refractivity contribution is -0.149. The summed E-state index contributed by atoms with van der Waals surface area (Å²) in [6.45, 7) is 3.13. The van der Waals surface area contributed by atoms with Crippen molar-refractivity contribution in [2.24, 2.45) is 5.92 Å². The highest BCUT2D eigenvalue weighted by Gasteiger charge is 2.23. The average Bonchev–Trinajstić information content (AvgIpc) is 2.38. The molecule has 0 bridgehead atoms. The molecule has 2 aliphatic heterocycles. The minimum absolute atomic E-state index is 0.0615. The Morgan fingerprint density at radius 3 is 2.75 bits per heavy atom. The summed E-state index contributed by atoms with van der Waals surface area (Å²) < 4.78 is 10.6. The molecule has 0 aliphatic carbocycles. The molecule has 0 spiro atoms. The van der Waals surface area contributed by atoms with Crippen molar-refractivity contribution in [3.8, 4) is 0 Å². The van der Waals surface area contributed by atoms with Crippen molar-refractivity contribution in [1.82, 2.24) is 5.32 Å². The van der Waals surface area contributed by atoms with E-state index in [1.165, 1.54) is 6.42 Å². The summed E-state index contributed by atoms with van der Waals surface area (Å²) in [6.07, 6.45) is 5.26. The first-order valence-electron chi connectivity index (χ1n) is 6.34. The Morgan fingerprint density at radius 1 is 1.25 bits per heavy atom. The lowest BCUT2D eigenvalue weighted by Crippen LogP contribution is -2.42. The topological polar surface area (TPSA) is 47.6 Å². The molecule has 4 heteroatoms. The van der Waals surface area contributed by atoms with E-state index < -0.39 is 0 Å². The van der Waals surface area contributed by atoms with E-state index in [2.05, 4.69) is 5.32 Å². The molecule has 2 fully saturated rings. The van der Waals surface area contributed by atoms with E-state index in [0.29, 0.717) is 12.5 Å². The second kappa shape index (κ2) is 6.21. The molecule has 0 radical (unpaired) electrons. The summed E-state index contributed by atoms with van der Waals surface area (Å²) in [5, 5.41) is 3.21. The Morgan fingerprint density at radius 2 is 2.06 bits per heavy atom. The maximum atomic E-state index is 11.7. The molecule has 2 aliphatic rings. The molecule has 1 atom stereocenters. The largest absolute Gasteiger partial charge is 0.464 e. The number of ether oxygens (including phenoxy) is 2. The Kier molecular flexibility index (Phi) is 4.60. The molecule has 16 heavy (non-hydrogen) atoms. The van der Waals surface area contributed by atoms with Gasteiger partial charge < -0.3 is 14.8 Å². The molecular weight excluding hydrogens is 206 g/mol. The van der Waals surface area contributed by atoms with Crippen LogP contribution in [0.3, 0.4) is 0 Å². The van der Waals surface area contributed by atoms with Gasteiger partial charge in [0, 0.05) is 13.2 Å². The van der Waals surface area contributed by atoms with Crippen molar-refractivity contribution in [2.75, 3.05) is 26.4 Å². The van der Waals surface area contributed by atoms with Crippen LogP contribution < -0.4 is 5.32 Å². The number of nitrogens with one attached hydrogen (secondary N) is 1. The van der Waals surface area contributed by atoms with Gasteiger partial charge in [-0.2, -0.15) is 0 Å². The van der Waals surface area contributed by atoms with Gasteiger partial charge in [0.05, 0.1) is 6.61 Å². The highest BCUT2D eigenvalue weighted by atomic mass is 16.5. The quantitative estimate of drug-likeness (QED) is 0.733. The lowest BCUT2D eigenvalue weighted by Gasteiger charge is -2.25. The maximum absolute atomic E-state index is 11.7. The summed E-state index contributed by atoms with van der Waals surface area (Å²) in [7, 11) is 0. The average molecular weight is 227 g/mol. The molecule has 92 valence electrons. The molecule has 1 N–H and O–H groups in total. The molecule has 0 saturated carbocycles. The second-order valence-corrected chi connectivity index (χ2v) is 4.69. The van der Waals surface area contributed by atoms with Crippen LogP contribution in [0.1, 0.15) is 32.1 Å². The zero-order valence-corrected chi connectivity index (χ0v) is 9.74. The van der Waals surface area contributed by atoms with Gasteiger partial charge in [-0.25, -0.2) is 0 Å². The first-order valence-corrected chi connectivity index (χ1v) is 6.34. The smallest absolute Gasteiger partial charge is 0.323 e. The highest BCUT2D eigenvalue weighted by Crippen LogP contribution is 2.16. The van der Waals surface area contributed by atoms with E-state index in [0.717, 1.165) is 45.4 Å². The van der Waals surface area contributed by atoms with Crippen molar-refractivity contribution >= 4 is 5.97 Å². The fraction of sp³-hybridized carbons (Fsp3) is 0.917. The number of rotatable bonds is 3.